The Morgan fingerprint density at radius 3 is 2.73 bits per heavy atom. The number of pyridine rings is 1. The molecule has 0 bridgehead atoms. The van der Waals surface area contributed by atoms with Crippen LogP contribution in [0.2, 0.25) is 0 Å². The standard InChI is InChI=1S/C29H27N3O/c1-20-5-4-6-21-9-10-23(18-27(21)31-20)22-11-12-29-24(17-22)19-32(15-16-33-29)28-13-14-30-26-8-3-2-7-25(26)28/h2-3,7-14,17-18H,4-6,15-16,19H2,1H3. The molecule has 0 spiro atoms. The minimum atomic E-state index is 0.663. The highest BCUT2D eigenvalue weighted by molar-refractivity contribution is 5.91. The van der Waals surface area contributed by atoms with Crippen LogP contribution < -0.4 is 9.64 Å². The molecule has 3 aromatic carbocycles. The predicted molar refractivity (Wildman–Crippen MR) is 136 cm³/mol. The van der Waals surface area contributed by atoms with E-state index in [1.165, 1.54) is 45.5 Å². The van der Waals surface area contributed by atoms with Crippen LogP contribution in [0.25, 0.3) is 22.0 Å². The molecule has 2 aliphatic rings. The molecule has 1 aromatic heterocycles. The summed E-state index contributed by atoms with van der Waals surface area (Å²) in [5.41, 5.74) is 9.55. The van der Waals surface area contributed by atoms with Crippen LogP contribution >= 0.6 is 0 Å². The van der Waals surface area contributed by atoms with E-state index in [0.717, 1.165) is 42.9 Å². The minimum Gasteiger partial charge on any atom is -0.491 e. The average Bonchev–Trinajstić information content (AvgIpc) is 3.17. The van der Waals surface area contributed by atoms with E-state index in [1.54, 1.807) is 0 Å². The van der Waals surface area contributed by atoms with Crippen LogP contribution in [0.15, 0.2) is 77.9 Å². The molecule has 0 radical (unpaired) electrons. The lowest BCUT2D eigenvalue weighted by atomic mass is 9.98. The number of hydrogen-bond donors (Lipinski definition) is 0. The van der Waals surface area contributed by atoms with Gasteiger partial charge < -0.3 is 9.64 Å². The number of aryl methyl sites for hydroxylation is 1. The van der Waals surface area contributed by atoms with Crippen LogP contribution in [0.3, 0.4) is 0 Å². The summed E-state index contributed by atoms with van der Waals surface area (Å²) in [4.78, 5) is 11.8. The van der Waals surface area contributed by atoms with Crippen molar-refractivity contribution in [2.45, 2.75) is 32.7 Å². The number of rotatable bonds is 2. The summed E-state index contributed by atoms with van der Waals surface area (Å²) >= 11 is 0. The summed E-state index contributed by atoms with van der Waals surface area (Å²) in [7, 11) is 0. The lowest BCUT2D eigenvalue weighted by Gasteiger charge is -2.23. The minimum absolute atomic E-state index is 0.663. The van der Waals surface area contributed by atoms with E-state index in [2.05, 4.69) is 77.5 Å². The van der Waals surface area contributed by atoms with E-state index in [1.807, 2.05) is 12.3 Å². The first-order valence-corrected chi connectivity index (χ1v) is 11.8. The second-order valence-electron chi connectivity index (χ2n) is 8.98. The molecule has 4 heteroatoms. The fourth-order valence-electron chi connectivity index (χ4n) is 4.99. The van der Waals surface area contributed by atoms with Crippen LogP contribution in [0, 0.1) is 0 Å². The maximum atomic E-state index is 6.15. The van der Waals surface area contributed by atoms with Crippen LogP contribution in [0.1, 0.15) is 30.9 Å². The molecule has 0 aliphatic carbocycles. The largest absolute Gasteiger partial charge is 0.491 e. The van der Waals surface area contributed by atoms with Gasteiger partial charge in [0.25, 0.3) is 0 Å². The van der Waals surface area contributed by atoms with Crippen molar-refractivity contribution in [3.05, 3.63) is 84.1 Å². The van der Waals surface area contributed by atoms with E-state index in [-0.39, 0.29) is 0 Å². The van der Waals surface area contributed by atoms with Crippen molar-refractivity contribution >= 4 is 28.0 Å². The second kappa shape index (κ2) is 8.36. The van der Waals surface area contributed by atoms with Crippen molar-refractivity contribution in [3.63, 3.8) is 0 Å². The number of anilines is 1. The molecule has 0 fully saturated rings. The Kier molecular flexibility index (Phi) is 5.06. The lowest BCUT2D eigenvalue weighted by Crippen LogP contribution is -2.25. The van der Waals surface area contributed by atoms with Crippen LogP contribution in [-0.2, 0) is 13.0 Å². The summed E-state index contributed by atoms with van der Waals surface area (Å²) in [6.07, 6.45) is 5.26. The molecule has 164 valence electrons. The number of para-hydroxylation sites is 1. The molecule has 33 heavy (non-hydrogen) atoms. The SMILES string of the molecule is CC1=Nc2cc(-c3ccc4c(c3)CN(c3ccnc5ccccc35)CCO4)ccc2CCC1. The summed E-state index contributed by atoms with van der Waals surface area (Å²) in [5, 5.41) is 1.18. The Balaban J connectivity index is 1.37. The molecule has 0 N–H and O–H groups in total. The predicted octanol–water partition coefficient (Wildman–Crippen LogP) is 6.73. The third-order valence-electron chi connectivity index (χ3n) is 6.72. The maximum Gasteiger partial charge on any atom is 0.124 e. The molecule has 0 saturated carbocycles. The van der Waals surface area contributed by atoms with Gasteiger partial charge in [-0.15, -0.1) is 0 Å². The highest BCUT2D eigenvalue weighted by Crippen LogP contribution is 2.35. The van der Waals surface area contributed by atoms with E-state index in [0.29, 0.717) is 6.61 Å². The molecule has 3 heterocycles. The van der Waals surface area contributed by atoms with E-state index < -0.39 is 0 Å². The van der Waals surface area contributed by atoms with Crippen molar-refractivity contribution in [2.75, 3.05) is 18.1 Å². The summed E-state index contributed by atoms with van der Waals surface area (Å²) in [6.45, 7) is 4.44. The van der Waals surface area contributed by atoms with Gasteiger partial charge in [0.2, 0.25) is 0 Å². The smallest absolute Gasteiger partial charge is 0.124 e. The molecule has 4 aromatic rings. The van der Waals surface area contributed by atoms with Gasteiger partial charge in [0.1, 0.15) is 12.4 Å². The third-order valence-corrected chi connectivity index (χ3v) is 6.72. The fraction of sp³-hybridized carbons (Fsp3) is 0.241. The van der Waals surface area contributed by atoms with Crippen LogP contribution in [0.4, 0.5) is 11.4 Å². The Morgan fingerprint density at radius 1 is 0.879 bits per heavy atom. The van der Waals surface area contributed by atoms with Crippen LogP contribution in [-0.4, -0.2) is 23.8 Å². The van der Waals surface area contributed by atoms with Gasteiger partial charge in [-0.3, -0.25) is 9.98 Å². The molecule has 0 atom stereocenters. The van der Waals surface area contributed by atoms with Crippen molar-refractivity contribution in [3.8, 4) is 16.9 Å². The van der Waals surface area contributed by atoms with Crippen molar-refractivity contribution in [1.29, 1.82) is 0 Å². The monoisotopic (exact) mass is 433 g/mol. The molecule has 0 saturated heterocycles. The normalized spacial score (nSPS) is 15.7. The van der Waals surface area contributed by atoms with Gasteiger partial charge in [0.05, 0.1) is 17.7 Å². The maximum absolute atomic E-state index is 6.15. The Bertz CT molecular complexity index is 1370. The number of nitrogens with zero attached hydrogens (tertiary/aromatic N) is 3. The number of hydrogen-bond acceptors (Lipinski definition) is 4. The first-order valence-electron chi connectivity index (χ1n) is 11.8. The molecular formula is C29H27N3O. The zero-order chi connectivity index (χ0) is 22.2. The van der Waals surface area contributed by atoms with Gasteiger partial charge in [-0.25, -0.2) is 0 Å². The lowest BCUT2D eigenvalue weighted by molar-refractivity contribution is 0.332. The average molecular weight is 434 g/mol. The Hall–Kier alpha value is -3.66. The van der Waals surface area contributed by atoms with Crippen molar-refractivity contribution < 1.29 is 4.74 Å². The van der Waals surface area contributed by atoms with Crippen LogP contribution in [0.5, 0.6) is 5.75 Å². The first-order chi connectivity index (χ1) is 16.2. The molecule has 0 unspecified atom stereocenters. The highest BCUT2D eigenvalue weighted by Gasteiger charge is 2.19. The Morgan fingerprint density at radius 2 is 1.76 bits per heavy atom. The molecule has 4 nitrogen and oxygen atoms in total. The summed E-state index contributed by atoms with van der Waals surface area (Å²) < 4.78 is 6.15. The molecule has 0 amide bonds. The van der Waals surface area contributed by atoms with Gasteiger partial charge in [-0.05, 0) is 73.2 Å². The van der Waals surface area contributed by atoms with Gasteiger partial charge >= 0.3 is 0 Å². The zero-order valence-electron chi connectivity index (χ0n) is 18.9. The first kappa shape index (κ1) is 20.0. The quantitative estimate of drug-likeness (QED) is 0.352. The number of aromatic nitrogens is 1. The molecular weight excluding hydrogens is 406 g/mol. The fourth-order valence-corrected chi connectivity index (χ4v) is 4.99. The topological polar surface area (TPSA) is 37.7 Å². The number of benzene rings is 3. The molecule has 2 aliphatic heterocycles. The van der Waals surface area contributed by atoms with E-state index in [9.17, 15) is 0 Å². The second-order valence-corrected chi connectivity index (χ2v) is 8.98. The van der Waals surface area contributed by atoms with Gasteiger partial charge in [0, 0.05) is 35.1 Å². The van der Waals surface area contributed by atoms with E-state index >= 15 is 0 Å². The number of aliphatic imine (C=N–C) groups is 1. The zero-order valence-corrected chi connectivity index (χ0v) is 18.9. The number of ether oxygens (including phenoxy) is 1. The highest BCUT2D eigenvalue weighted by atomic mass is 16.5. The van der Waals surface area contributed by atoms with Gasteiger partial charge in [-0.2, -0.15) is 0 Å². The number of fused-ring (bicyclic) bond motifs is 3. The molecule has 6 rings (SSSR count). The summed E-state index contributed by atoms with van der Waals surface area (Å²) in [5.74, 6) is 0.975. The Labute approximate surface area is 194 Å². The van der Waals surface area contributed by atoms with Crippen molar-refractivity contribution in [1.82, 2.24) is 4.98 Å². The van der Waals surface area contributed by atoms with Gasteiger partial charge in [-0.1, -0.05) is 36.4 Å². The van der Waals surface area contributed by atoms with Crippen molar-refractivity contribution in [2.24, 2.45) is 4.99 Å². The van der Waals surface area contributed by atoms with Gasteiger partial charge in [0.15, 0.2) is 0 Å². The summed E-state index contributed by atoms with van der Waals surface area (Å²) in [6, 6.07) is 23.8. The van der Waals surface area contributed by atoms with E-state index in [4.69, 9.17) is 9.73 Å². The third kappa shape index (κ3) is 3.86.